The van der Waals surface area contributed by atoms with E-state index in [9.17, 15) is 0 Å². The van der Waals surface area contributed by atoms with Gasteiger partial charge >= 0.3 is 0 Å². The van der Waals surface area contributed by atoms with Crippen LogP contribution in [0.2, 0.25) is 13.1 Å². The maximum Gasteiger partial charge on any atom is 0.188 e. The van der Waals surface area contributed by atoms with E-state index in [-0.39, 0.29) is 10.8 Å². The van der Waals surface area contributed by atoms with E-state index in [4.69, 9.17) is 23.7 Å². The van der Waals surface area contributed by atoms with Gasteiger partial charge in [0.25, 0.3) is 0 Å². The molecule has 149 heavy (non-hydrogen) atoms. The maximum atomic E-state index is 6.57. The Bertz CT molecular complexity index is 7580. The second-order valence-electron chi connectivity index (χ2n) is 42.4. The van der Waals surface area contributed by atoms with Gasteiger partial charge in [-0.3, -0.25) is 15.0 Å². The van der Waals surface area contributed by atoms with Crippen molar-refractivity contribution < 1.29 is 23.7 Å². The first-order valence-electron chi connectivity index (χ1n) is 52.2. The Labute approximate surface area is 884 Å². The van der Waals surface area contributed by atoms with Crippen LogP contribution in [-0.4, -0.2) is 38.1 Å². The molecule has 746 valence electrons. The monoisotopic (exact) mass is 1990 g/mol. The van der Waals surface area contributed by atoms with Gasteiger partial charge in [0.05, 0.1) is 34.0 Å². The number of pyridine rings is 3. The number of fused-ring (bicyclic) bond motifs is 15. The number of aromatic nitrogens is 3. The Morgan fingerprint density at radius 3 is 1.05 bits per heavy atom. The van der Waals surface area contributed by atoms with Crippen molar-refractivity contribution in [2.75, 3.05) is 16.8 Å². The summed E-state index contributed by atoms with van der Waals surface area (Å²) in [6.07, 6.45) is 8.80. The summed E-state index contributed by atoms with van der Waals surface area (Å²) >= 11 is 0. The molecule has 0 bridgehead atoms. The molecule has 0 unspecified atom stereocenters. The number of aryl methyl sites for hydroxylation is 16. The molecule has 7 aliphatic rings. The predicted molar refractivity (Wildman–Crippen MR) is 627 cm³/mol. The van der Waals surface area contributed by atoms with Gasteiger partial charge in [-0.05, 0) is 325 Å². The zero-order valence-corrected chi connectivity index (χ0v) is 92.5. The molecule has 0 amide bonds. The Balaban J connectivity index is 0.000000108. The third-order valence-electron chi connectivity index (χ3n) is 31.3. The molecule has 16 aromatic carbocycles. The fourth-order valence-corrected chi connectivity index (χ4v) is 30.9. The SMILES string of the molecule is Cc1cccc2c1Cc1c(C)ccnc1C2.Cc1cccc2c1Cc1c(C)ccnc1C2(C)C.Cc1cccc2c1Oc1c(C)cccc1C2(C)C.Cc1cccc2c1Oc1c(C)cccc1N2C.Cc1cccc2c1Oc1c(C)cccc1N2c1ccccc1.Cc1cccc2c1Oc1c(C)cccc1[Si]2(C)C.Cc1cccc2c1Oc1c(C)cccc1[Si]2(c1ccccc1)c1ccccc1.Cc1cccc2nccc(C)c12. The number of anilines is 5. The lowest BCUT2D eigenvalue weighted by molar-refractivity contribution is 0.412. The van der Waals surface area contributed by atoms with Gasteiger partial charge in [0, 0.05) is 83.6 Å². The summed E-state index contributed by atoms with van der Waals surface area (Å²) < 4.78 is 31.3. The molecular formula is C137H135N5O5Si2. The first-order valence-corrected chi connectivity index (χ1v) is 57.2. The van der Waals surface area contributed by atoms with Crippen LogP contribution < -0.4 is 64.6 Å². The lowest BCUT2D eigenvalue weighted by atomic mass is 9.70. The quantitative estimate of drug-likeness (QED) is 0.159. The molecule has 10 nitrogen and oxygen atoms in total. The number of ether oxygens (including phenoxy) is 5. The van der Waals surface area contributed by atoms with Crippen LogP contribution in [-0.2, 0) is 30.1 Å². The highest BCUT2D eigenvalue weighted by Gasteiger charge is 2.49. The third kappa shape index (κ3) is 19.4. The van der Waals surface area contributed by atoms with Crippen LogP contribution in [0.5, 0.6) is 57.5 Å². The summed E-state index contributed by atoms with van der Waals surface area (Å²) in [7, 11) is -2.00. The average Bonchev–Trinajstić information content (AvgIpc) is 0.698. The standard InChI is InChI=1S/C26H22OSi.C20H17NO.C17H19N.C17H18O.C16H18OSi.C15H15NO.C15H15N.C11H11N/c1-19-11-9-17-23-25(19)27-26-20(2)12-10-18-24(26)28(23,21-13-5-3-6-14-21)22-15-7-4-8-16-22;1-14-8-6-12-17-19(14)22-20-15(2)9-7-13-18(20)21(17)16-10-4-3-5-11-16;1-11-6-5-7-15-13(11)10-14-12(2)8-9-18-16(14)17(15,3)4;1-11-7-5-9-13-15(11)18-16-12(2)8-6-10-14(16)17(13,3)4;1-11-7-5-9-13-15(11)17-16-12(2)8-6-10-14(16)18(13,3)4;1-10-6-4-8-12-14(10)17-15-11(2)7-5-9-13(15)16(12)3;1-10-4-3-5-12-8-15-14(9-13(10)12)11(2)6-7-16-15;1-8-4-3-5-10-11(8)9(2)6-7-12-10/h3-18H,1-2H3;3-13H,1-2H3;5-9H,10H2,1-4H3;2*5-10H,1-4H3;4-9H,1-3H3;3-7H,8-9H2,1-2H3;3-7H,1-2H3. The summed E-state index contributed by atoms with van der Waals surface area (Å²) in [5, 5.41) is 9.58. The summed E-state index contributed by atoms with van der Waals surface area (Å²) in [4.78, 5) is 17.9. The largest absolute Gasteiger partial charge is 0.457 e. The molecule has 5 aliphatic heterocycles. The third-order valence-corrected chi connectivity index (χ3v) is 39.6. The Kier molecular flexibility index (Phi) is 28.9. The zero-order valence-electron chi connectivity index (χ0n) is 90.5. The van der Waals surface area contributed by atoms with Crippen molar-refractivity contribution in [2.45, 2.75) is 182 Å². The minimum Gasteiger partial charge on any atom is -0.457 e. The topological polar surface area (TPSA) is 91.3 Å². The highest BCUT2D eigenvalue weighted by atomic mass is 28.3. The van der Waals surface area contributed by atoms with Crippen molar-refractivity contribution in [3.63, 3.8) is 0 Å². The van der Waals surface area contributed by atoms with Gasteiger partial charge in [-0.15, -0.1) is 0 Å². The molecule has 0 atom stereocenters. The predicted octanol–water partition coefficient (Wildman–Crippen LogP) is 31.8. The van der Waals surface area contributed by atoms with Gasteiger partial charge in [0.15, 0.2) is 31.1 Å². The van der Waals surface area contributed by atoms with E-state index < -0.39 is 16.1 Å². The molecule has 0 radical (unpaired) electrons. The van der Waals surface area contributed by atoms with Gasteiger partial charge in [0.2, 0.25) is 0 Å². The van der Waals surface area contributed by atoms with E-state index in [2.05, 4.69) is 517 Å². The molecule has 26 rings (SSSR count). The zero-order chi connectivity index (χ0) is 105. The number of benzene rings is 16. The van der Waals surface area contributed by atoms with E-state index in [0.29, 0.717) is 0 Å². The molecule has 0 saturated carbocycles. The van der Waals surface area contributed by atoms with Crippen molar-refractivity contribution >= 4 is 86.6 Å². The number of rotatable bonds is 3. The highest BCUT2D eigenvalue weighted by molar-refractivity contribution is 7.20. The van der Waals surface area contributed by atoms with Crippen LogP contribution in [0.3, 0.4) is 0 Å². The molecule has 8 heterocycles. The van der Waals surface area contributed by atoms with Gasteiger partial charge in [0.1, 0.15) is 42.6 Å². The van der Waals surface area contributed by atoms with Crippen LogP contribution in [0.1, 0.15) is 173 Å². The number of hydrogen-bond acceptors (Lipinski definition) is 10. The fourth-order valence-electron chi connectivity index (χ4n) is 22.8. The first-order chi connectivity index (χ1) is 71.7. The highest BCUT2D eigenvalue weighted by Crippen LogP contribution is 2.55. The molecular weight excluding hydrogens is 1850 g/mol. The lowest BCUT2D eigenvalue weighted by Gasteiger charge is -2.40. The molecule has 12 heteroatoms. The lowest BCUT2D eigenvalue weighted by Crippen LogP contribution is -2.76. The second-order valence-corrected chi connectivity index (χ2v) is 50.5. The van der Waals surface area contributed by atoms with Crippen LogP contribution in [0, 0.1) is 111 Å². The van der Waals surface area contributed by atoms with Crippen molar-refractivity contribution in [1.29, 1.82) is 0 Å². The van der Waals surface area contributed by atoms with E-state index in [1.165, 1.54) is 170 Å². The van der Waals surface area contributed by atoms with Gasteiger partial charge in [-0.1, -0.05) is 326 Å². The van der Waals surface area contributed by atoms with E-state index in [0.717, 1.165) is 122 Å². The Hall–Kier alpha value is -15.7. The summed E-state index contributed by atoms with van der Waals surface area (Å²) in [5.41, 5.74) is 40.5. The van der Waals surface area contributed by atoms with Gasteiger partial charge in [-0.25, -0.2) is 0 Å². The number of hydrogen-bond donors (Lipinski definition) is 0. The first kappa shape index (κ1) is 102. The molecule has 0 spiro atoms. The normalized spacial score (nSPS) is 13.8. The van der Waals surface area contributed by atoms with Crippen molar-refractivity contribution in [1.82, 2.24) is 15.0 Å². The van der Waals surface area contributed by atoms with E-state index >= 15 is 0 Å². The van der Waals surface area contributed by atoms with Crippen LogP contribution in [0.15, 0.2) is 364 Å². The maximum absolute atomic E-state index is 6.57. The molecule has 0 saturated heterocycles. The summed E-state index contributed by atoms with van der Waals surface area (Å²) in [6, 6.07) is 122. The summed E-state index contributed by atoms with van der Waals surface area (Å²) in [6.45, 7) is 48.1. The second kappa shape index (κ2) is 42.2. The Morgan fingerprint density at radius 2 is 0.570 bits per heavy atom. The van der Waals surface area contributed by atoms with Gasteiger partial charge in [-0.2, -0.15) is 0 Å². The molecule has 3 aromatic heterocycles. The molecule has 0 N–H and O–H groups in total. The van der Waals surface area contributed by atoms with Crippen LogP contribution in [0.4, 0.5) is 28.4 Å². The minimum atomic E-state index is -2.46. The van der Waals surface area contributed by atoms with Gasteiger partial charge < -0.3 is 33.5 Å². The minimum absolute atomic E-state index is 0.000949. The van der Waals surface area contributed by atoms with E-state index in [1.807, 2.05) is 30.7 Å². The molecule has 0 fully saturated rings. The average molecular weight is 1990 g/mol. The van der Waals surface area contributed by atoms with Crippen molar-refractivity contribution in [2.24, 2.45) is 0 Å². The number of nitrogens with zero attached hydrogens (tertiary/aromatic N) is 5. The van der Waals surface area contributed by atoms with Crippen LogP contribution >= 0.6 is 0 Å². The fraction of sp³-hybridized carbons (Fsp3) is 0.204. The molecule has 2 aliphatic carbocycles. The van der Waals surface area contributed by atoms with Crippen LogP contribution in [0.25, 0.3) is 10.9 Å². The summed E-state index contributed by atoms with van der Waals surface area (Å²) in [5.74, 6) is 10.1. The molecule has 19 aromatic rings. The number of para-hydroxylation sites is 11. The Morgan fingerprint density at radius 1 is 0.248 bits per heavy atom. The van der Waals surface area contributed by atoms with Crippen molar-refractivity contribution in [3.8, 4) is 57.5 Å². The smallest absolute Gasteiger partial charge is 0.188 e. The van der Waals surface area contributed by atoms with Crippen molar-refractivity contribution in [3.05, 3.63) is 509 Å². The van der Waals surface area contributed by atoms with E-state index in [1.54, 1.807) is 0 Å².